The van der Waals surface area contributed by atoms with Crippen LogP contribution in [0.15, 0.2) is 36.4 Å². The highest BCUT2D eigenvalue weighted by Gasteiger charge is 2.18. The molecule has 0 unspecified atom stereocenters. The molecule has 2 aromatic rings. The molecule has 0 spiro atoms. The Morgan fingerprint density at radius 2 is 2.05 bits per heavy atom. The molecule has 114 valence electrons. The van der Waals surface area contributed by atoms with Gasteiger partial charge in [0.2, 0.25) is 0 Å². The lowest BCUT2D eigenvalue weighted by Crippen LogP contribution is -2.31. The molecule has 1 atom stereocenters. The van der Waals surface area contributed by atoms with Gasteiger partial charge in [0.05, 0.1) is 16.1 Å². The third kappa shape index (κ3) is 2.92. The lowest BCUT2D eigenvalue weighted by molar-refractivity contribution is 0.0946. The van der Waals surface area contributed by atoms with Crippen LogP contribution >= 0.6 is 23.2 Å². The molecule has 2 aromatic carbocycles. The summed E-state index contributed by atoms with van der Waals surface area (Å²) >= 11 is 12.3. The number of benzene rings is 2. The van der Waals surface area contributed by atoms with Gasteiger partial charge < -0.3 is 10.6 Å². The summed E-state index contributed by atoms with van der Waals surface area (Å²) in [7, 11) is 0. The van der Waals surface area contributed by atoms with Crippen molar-refractivity contribution in [3.8, 4) is 0 Å². The minimum absolute atomic E-state index is 0.0154. The smallest absolute Gasteiger partial charge is 0.251 e. The van der Waals surface area contributed by atoms with E-state index in [2.05, 4.69) is 10.6 Å². The fourth-order valence-electron chi connectivity index (χ4n) is 2.68. The minimum atomic E-state index is -0.0177. The van der Waals surface area contributed by atoms with E-state index in [1.165, 1.54) is 0 Å². The standard InChI is InChI=1S/C17H16Cl2N2O/c1-10(13-3-2-4-15(18)16(13)19)21-12-6-5-11-7-8-20-17(22)14(11)9-12/h2-6,9-10,21H,7-8H2,1H3,(H,20,22)/t10-/m0/s1. The zero-order valence-corrected chi connectivity index (χ0v) is 13.6. The van der Waals surface area contributed by atoms with Crippen molar-refractivity contribution < 1.29 is 4.79 Å². The second-order valence-corrected chi connectivity index (χ2v) is 6.17. The number of anilines is 1. The average Bonchev–Trinajstić information content (AvgIpc) is 2.51. The number of carbonyl (C=O) groups excluding carboxylic acids is 1. The molecule has 0 saturated heterocycles. The predicted octanol–water partition coefficient (Wildman–Crippen LogP) is 4.45. The largest absolute Gasteiger partial charge is 0.378 e. The van der Waals surface area contributed by atoms with Gasteiger partial charge in [-0.1, -0.05) is 41.4 Å². The third-order valence-electron chi connectivity index (χ3n) is 3.87. The van der Waals surface area contributed by atoms with Crippen LogP contribution in [0.4, 0.5) is 5.69 Å². The highest BCUT2D eigenvalue weighted by atomic mass is 35.5. The number of halogens is 2. The van der Waals surface area contributed by atoms with E-state index in [4.69, 9.17) is 23.2 Å². The second kappa shape index (κ2) is 6.19. The lowest BCUT2D eigenvalue weighted by Gasteiger charge is -2.21. The zero-order chi connectivity index (χ0) is 15.7. The predicted molar refractivity (Wildman–Crippen MR) is 91.0 cm³/mol. The highest BCUT2D eigenvalue weighted by Crippen LogP contribution is 2.32. The molecule has 0 bridgehead atoms. The number of nitrogens with one attached hydrogen (secondary N) is 2. The molecule has 1 amide bonds. The average molecular weight is 335 g/mol. The molecule has 0 radical (unpaired) electrons. The molecule has 0 aromatic heterocycles. The van der Waals surface area contributed by atoms with Gasteiger partial charge in [-0.3, -0.25) is 4.79 Å². The number of fused-ring (bicyclic) bond motifs is 1. The normalized spacial score (nSPS) is 15.0. The first-order chi connectivity index (χ1) is 10.6. The molecule has 0 aliphatic carbocycles. The molecule has 0 saturated carbocycles. The van der Waals surface area contributed by atoms with Crippen LogP contribution in [-0.2, 0) is 6.42 Å². The van der Waals surface area contributed by atoms with E-state index in [1.54, 1.807) is 6.07 Å². The van der Waals surface area contributed by atoms with Crippen LogP contribution in [0.1, 0.15) is 34.5 Å². The molecule has 1 aliphatic heterocycles. The molecule has 0 fully saturated rings. The maximum Gasteiger partial charge on any atom is 0.251 e. The van der Waals surface area contributed by atoms with Crippen LogP contribution in [0, 0.1) is 0 Å². The Morgan fingerprint density at radius 1 is 1.23 bits per heavy atom. The molecule has 3 rings (SSSR count). The van der Waals surface area contributed by atoms with Crippen molar-refractivity contribution in [2.24, 2.45) is 0 Å². The monoisotopic (exact) mass is 334 g/mol. The summed E-state index contributed by atoms with van der Waals surface area (Å²) in [5.74, 6) is -0.0154. The van der Waals surface area contributed by atoms with Crippen molar-refractivity contribution >= 4 is 34.8 Å². The molecular formula is C17H16Cl2N2O. The summed E-state index contributed by atoms with van der Waals surface area (Å²) < 4.78 is 0. The lowest BCUT2D eigenvalue weighted by atomic mass is 9.99. The molecule has 1 aliphatic rings. The highest BCUT2D eigenvalue weighted by molar-refractivity contribution is 6.42. The van der Waals surface area contributed by atoms with E-state index in [0.717, 1.165) is 28.8 Å². The van der Waals surface area contributed by atoms with Crippen LogP contribution in [0.5, 0.6) is 0 Å². The van der Waals surface area contributed by atoms with E-state index in [9.17, 15) is 4.79 Å². The van der Waals surface area contributed by atoms with Crippen LogP contribution in [0.25, 0.3) is 0 Å². The Kier molecular flexibility index (Phi) is 4.27. The Labute approximate surface area is 139 Å². The zero-order valence-electron chi connectivity index (χ0n) is 12.1. The van der Waals surface area contributed by atoms with Crippen molar-refractivity contribution in [2.45, 2.75) is 19.4 Å². The fraction of sp³-hybridized carbons (Fsp3) is 0.235. The molecule has 2 N–H and O–H groups in total. The van der Waals surface area contributed by atoms with Crippen LogP contribution in [0.2, 0.25) is 10.0 Å². The Bertz CT molecular complexity index is 731. The van der Waals surface area contributed by atoms with Crippen LogP contribution in [0.3, 0.4) is 0 Å². The van der Waals surface area contributed by atoms with Gasteiger partial charge >= 0.3 is 0 Å². The first-order valence-corrected chi connectivity index (χ1v) is 7.93. The summed E-state index contributed by atoms with van der Waals surface area (Å²) in [5, 5.41) is 7.33. The summed E-state index contributed by atoms with van der Waals surface area (Å²) in [5.41, 5.74) is 3.64. The number of hydrogen-bond acceptors (Lipinski definition) is 2. The first kappa shape index (κ1) is 15.2. The van der Waals surface area contributed by atoms with Gasteiger partial charge in [0.25, 0.3) is 5.91 Å². The summed E-state index contributed by atoms with van der Waals surface area (Å²) in [6.45, 7) is 2.71. The van der Waals surface area contributed by atoms with E-state index in [0.29, 0.717) is 16.6 Å². The van der Waals surface area contributed by atoms with E-state index >= 15 is 0 Å². The maximum atomic E-state index is 11.9. The quantitative estimate of drug-likeness (QED) is 0.870. The third-order valence-corrected chi connectivity index (χ3v) is 4.70. The maximum absolute atomic E-state index is 11.9. The SMILES string of the molecule is C[C@H](Nc1ccc2c(c1)C(=O)NCC2)c1cccc(Cl)c1Cl. The summed E-state index contributed by atoms with van der Waals surface area (Å²) in [6, 6.07) is 11.5. The van der Waals surface area contributed by atoms with Crippen molar-refractivity contribution in [2.75, 3.05) is 11.9 Å². The number of carbonyl (C=O) groups is 1. The Morgan fingerprint density at radius 3 is 2.86 bits per heavy atom. The van der Waals surface area contributed by atoms with Crippen LogP contribution in [-0.4, -0.2) is 12.5 Å². The van der Waals surface area contributed by atoms with E-state index in [-0.39, 0.29) is 11.9 Å². The van der Waals surface area contributed by atoms with Gasteiger partial charge in [0.1, 0.15) is 0 Å². The van der Waals surface area contributed by atoms with E-state index < -0.39 is 0 Å². The van der Waals surface area contributed by atoms with Crippen molar-refractivity contribution in [1.29, 1.82) is 0 Å². The fourth-order valence-corrected chi connectivity index (χ4v) is 3.16. The van der Waals surface area contributed by atoms with Gasteiger partial charge in [-0.2, -0.15) is 0 Å². The summed E-state index contributed by atoms with van der Waals surface area (Å²) in [4.78, 5) is 11.9. The summed E-state index contributed by atoms with van der Waals surface area (Å²) in [6.07, 6.45) is 0.872. The Hall–Kier alpha value is -1.71. The molecule has 22 heavy (non-hydrogen) atoms. The van der Waals surface area contributed by atoms with Crippen molar-refractivity contribution in [3.63, 3.8) is 0 Å². The Balaban J connectivity index is 1.85. The first-order valence-electron chi connectivity index (χ1n) is 7.18. The molecule has 1 heterocycles. The van der Waals surface area contributed by atoms with Gasteiger partial charge in [-0.25, -0.2) is 0 Å². The molecule has 5 heteroatoms. The van der Waals surface area contributed by atoms with Gasteiger partial charge in [0.15, 0.2) is 0 Å². The van der Waals surface area contributed by atoms with E-state index in [1.807, 2.05) is 37.3 Å². The number of amides is 1. The minimum Gasteiger partial charge on any atom is -0.378 e. The van der Waals surface area contributed by atoms with Gasteiger partial charge in [-0.05, 0) is 42.7 Å². The molecular weight excluding hydrogens is 319 g/mol. The van der Waals surface area contributed by atoms with Crippen molar-refractivity contribution in [1.82, 2.24) is 5.32 Å². The second-order valence-electron chi connectivity index (χ2n) is 5.39. The number of hydrogen-bond donors (Lipinski definition) is 2. The number of rotatable bonds is 3. The van der Waals surface area contributed by atoms with Crippen LogP contribution < -0.4 is 10.6 Å². The van der Waals surface area contributed by atoms with Gasteiger partial charge in [0, 0.05) is 17.8 Å². The van der Waals surface area contributed by atoms with Gasteiger partial charge in [-0.15, -0.1) is 0 Å². The topological polar surface area (TPSA) is 41.1 Å². The van der Waals surface area contributed by atoms with Crippen molar-refractivity contribution in [3.05, 3.63) is 63.1 Å². The molecule has 3 nitrogen and oxygen atoms in total.